The molecule has 0 aliphatic heterocycles. The van der Waals surface area contributed by atoms with Gasteiger partial charge in [-0.1, -0.05) is 11.6 Å². The van der Waals surface area contributed by atoms with Crippen molar-refractivity contribution in [2.24, 2.45) is 0 Å². The van der Waals surface area contributed by atoms with Crippen LogP contribution in [0.5, 0.6) is 0 Å². The third-order valence-corrected chi connectivity index (χ3v) is 2.37. The van der Waals surface area contributed by atoms with Crippen LogP contribution in [0, 0.1) is 6.92 Å². The minimum absolute atomic E-state index is 0.471. The van der Waals surface area contributed by atoms with Gasteiger partial charge in [0.1, 0.15) is 5.82 Å². The zero-order valence-electron chi connectivity index (χ0n) is 8.31. The molecule has 0 aliphatic carbocycles. The van der Waals surface area contributed by atoms with Gasteiger partial charge in [-0.25, -0.2) is 4.98 Å². The highest BCUT2D eigenvalue weighted by Gasteiger charge is 2.04. The van der Waals surface area contributed by atoms with Gasteiger partial charge in [0.05, 0.1) is 23.0 Å². The van der Waals surface area contributed by atoms with Crippen molar-refractivity contribution in [3.63, 3.8) is 0 Å². The molecule has 0 saturated carbocycles. The van der Waals surface area contributed by atoms with Gasteiger partial charge in [0.15, 0.2) is 0 Å². The molecule has 2 rings (SSSR count). The van der Waals surface area contributed by atoms with Crippen LogP contribution in [0.4, 0.5) is 5.82 Å². The van der Waals surface area contributed by atoms with Gasteiger partial charge in [0.25, 0.3) is 0 Å². The molecule has 4 nitrogen and oxygen atoms in total. The van der Waals surface area contributed by atoms with Crippen LogP contribution in [-0.2, 0) is 6.54 Å². The number of pyridine rings is 1. The second kappa shape index (κ2) is 3.90. The number of nitrogen functional groups attached to an aromatic ring is 1. The lowest BCUT2D eigenvalue weighted by Gasteiger charge is -2.04. The molecule has 0 radical (unpaired) electrons. The molecule has 2 heterocycles. The molecule has 2 aromatic rings. The topological polar surface area (TPSA) is 56.7 Å². The molecule has 2 aromatic heterocycles. The van der Waals surface area contributed by atoms with Crippen molar-refractivity contribution >= 4 is 17.4 Å². The van der Waals surface area contributed by atoms with Crippen molar-refractivity contribution in [2.45, 2.75) is 13.5 Å². The van der Waals surface area contributed by atoms with Crippen molar-refractivity contribution in [3.8, 4) is 0 Å². The molecule has 5 heteroatoms. The molecule has 0 aliphatic rings. The van der Waals surface area contributed by atoms with E-state index >= 15 is 0 Å². The van der Waals surface area contributed by atoms with Crippen LogP contribution in [0.25, 0.3) is 0 Å². The molecule has 78 valence electrons. The Labute approximate surface area is 92.7 Å². The van der Waals surface area contributed by atoms with Gasteiger partial charge in [-0.3, -0.25) is 4.68 Å². The first-order valence-corrected chi connectivity index (χ1v) is 4.94. The zero-order chi connectivity index (χ0) is 10.8. The molecule has 0 spiro atoms. The molecule has 0 bridgehead atoms. The molecule has 0 atom stereocenters. The maximum Gasteiger partial charge on any atom is 0.123 e. The van der Waals surface area contributed by atoms with Crippen LogP contribution in [0.15, 0.2) is 24.4 Å². The quantitative estimate of drug-likeness (QED) is 0.844. The third-order valence-electron chi connectivity index (χ3n) is 2.03. The number of halogens is 1. The van der Waals surface area contributed by atoms with Crippen LogP contribution >= 0.6 is 11.6 Å². The fourth-order valence-electron chi connectivity index (χ4n) is 1.32. The third kappa shape index (κ3) is 2.27. The van der Waals surface area contributed by atoms with Crippen molar-refractivity contribution in [3.05, 3.63) is 40.8 Å². The molecule has 0 fully saturated rings. The van der Waals surface area contributed by atoms with E-state index in [1.54, 1.807) is 16.8 Å². The Hall–Kier alpha value is -1.55. The van der Waals surface area contributed by atoms with Crippen molar-refractivity contribution in [1.29, 1.82) is 0 Å². The summed E-state index contributed by atoms with van der Waals surface area (Å²) < 4.78 is 1.78. The first-order chi connectivity index (χ1) is 7.15. The van der Waals surface area contributed by atoms with Crippen molar-refractivity contribution < 1.29 is 0 Å². The molecular formula is C10H11ClN4. The lowest BCUT2D eigenvalue weighted by molar-refractivity contribution is 0.667. The number of nitrogens with zero attached hydrogens (tertiary/aromatic N) is 3. The highest BCUT2D eigenvalue weighted by Crippen LogP contribution is 2.16. The molecule has 15 heavy (non-hydrogen) atoms. The van der Waals surface area contributed by atoms with Crippen LogP contribution in [0.1, 0.15) is 11.4 Å². The van der Waals surface area contributed by atoms with Crippen LogP contribution < -0.4 is 5.73 Å². The van der Waals surface area contributed by atoms with E-state index in [-0.39, 0.29) is 0 Å². The number of aromatic nitrogens is 3. The standard InChI is InChI=1S/C10H11ClN4/c1-7-4-5-15(14-7)6-9-8(11)2-3-10(12)13-9/h2-5H,6H2,1H3,(H2,12,13). The van der Waals surface area contributed by atoms with Gasteiger partial charge in [-0.05, 0) is 25.1 Å². The number of nitrogens with two attached hydrogens (primary N) is 1. The Morgan fingerprint density at radius 1 is 1.40 bits per heavy atom. The minimum Gasteiger partial charge on any atom is -0.384 e. The summed E-state index contributed by atoms with van der Waals surface area (Å²) in [5.74, 6) is 0.471. The smallest absolute Gasteiger partial charge is 0.123 e. The molecular weight excluding hydrogens is 212 g/mol. The molecule has 0 amide bonds. The van der Waals surface area contributed by atoms with Crippen LogP contribution in [-0.4, -0.2) is 14.8 Å². The Bertz CT molecular complexity index is 478. The Balaban J connectivity index is 2.27. The highest BCUT2D eigenvalue weighted by atomic mass is 35.5. The molecule has 0 aromatic carbocycles. The summed E-state index contributed by atoms with van der Waals surface area (Å²) in [5.41, 5.74) is 7.29. The molecule has 2 N–H and O–H groups in total. The predicted octanol–water partition coefficient (Wildman–Crippen LogP) is 1.87. The fourth-order valence-corrected chi connectivity index (χ4v) is 1.48. The van der Waals surface area contributed by atoms with E-state index in [1.807, 2.05) is 19.2 Å². The summed E-state index contributed by atoms with van der Waals surface area (Å²) in [4.78, 5) is 4.16. The fraction of sp³-hybridized carbons (Fsp3) is 0.200. The first kappa shape index (κ1) is 9.98. The van der Waals surface area contributed by atoms with E-state index in [4.69, 9.17) is 17.3 Å². The number of rotatable bonds is 2. The zero-order valence-corrected chi connectivity index (χ0v) is 9.07. The maximum absolute atomic E-state index is 5.99. The van der Waals surface area contributed by atoms with E-state index in [2.05, 4.69) is 10.1 Å². The van der Waals surface area contributed by atoms with Gasteiger partial charge >= 0.3 is 0 Å². The Morgan fingerprint density at radius 3 is 2.87 bits per heavy atom. The van der Waals surface area contributed by atoms with Gasteiger partial charge in [-0.15, -0.1) is 0 Å². The number of hydrogen-bond acceptors (Lipinski definition) is 3. The number of aryl methyl sites for hydroxylation is 1. The lowest BCUT2D eigenvalue weighted by atomic mass is 10.3. The molecule has 0 unspecified atom stereocenters. The SMILES string of the molecule is Cc1ccn(Cc2nc(N)ccc2Cl)n1. The summed E-state index contributed by atoms with van der Waals surface area (Å²) >= 11 is 5.99. The lowest BCUT2D eigenvalue weighted by Crippen LogP contribution is -2.04. The Kier molecular flexibility index (Phi) is 2.60. The highest BCUT2D eigenvalue weighted by molar-refractivity contribution is 6.31. The maximum atomic E-state index is 5.99. The average Bonchev–Trinajstić information content (AvgIpc) is 2.58. The number of anilines is 1. The van der Waals surface area contributed by atoms with Crippen molar-refractivity contribution in [1.82, 2.24) is 14.8 Å². The number of hydrogen-bond donors (Lipinski definition) is 1. The summed E-state index contributed by atoms with van der Waals surface area (Å²) in [6, 6.07) is 5.36. The monoisotopic (exact) mass is 222 g/mol. The predicted molar refractivity (Wildman–Crippen MR) is 59.7 cm³/mol. The minimum atomic E-state index is 0.471. The van der Waals surface area contributed by atoms with Crippen LogP contribution in [0.2, 0.25) is 5.02 Å². The summed E-state index contributed by atoms with van der Waals surface area (Å²) in [6.45, 7) is 2.47. The van der Waals surface area contributed by atoms with Gasteiger partial charge in [0.2, 0.25) is 0 Å². The summed E-state index contributed by atoms with van der Waals surface area (Å²) in [5, 5.41) is 4.86. The van der Waals surface area contributed by atoms with Crippen LogP contribution in [0.3, 0.4) is 0 Å². The first-order valence-electron chi connectivity index (χ1n) is 4.56. The van der Waals surface area contributed by atoms with Gasteiger partial charge in [-0.2, -0.15) is 5.10 Å². The van der Waals surface area contributed by atoms with Gasteiger partial charge < -0.3 is 5.73 Å². The van der Waals surface area contributed by atoms with E-state index < -0.39 is 0 Å². The Morgan fingerprint density at radius 2 is 2.20 bits per heavy atom. The molecule has 0 saturated heterocycles. The normalized spacial score (nSPS) is 10.5. The largest absolute Gasteiger partial charge is 0.384 e. The van der Waals surface area contributed by atoms with Gasteiger partial charge in [0, 0.05) is 6.20 Å². The van der Waals surface area contributed by atoms with E-state index in [1.165, 1.54) is 0 Å². The van der Waals surface area contributed by atoms with E-state index in [0.717, 1.165) is 11.4 Å². The van der Waals surface area contributed by atoms with E-state index in [0.29, 0.717) is 17.4 Å². The van der Waals surface area contributed by atoms with Crippen molar-refractivity contribution in [2.75, 3.05) is 5.73 Å². The second-order valence-corrected chi connectivity index (χ2v) is 3.73. The summed E-state index contributed by atoms with van der Waals surface area (Å²) in [7, 11) is 0. The second-order valence-electron chi connectivity index (χ2n) is 3.32. The average molecular weight is 223 g/mol. The summed E-state index contributed by atoms with van der Waals surface area (Å²) in [6.07, 6.45) is 1.89. The van der Waals surface area contributed by atoms with E-state index in [9.17, 15) is 0 Å².